The molecular weight excluding hydrogens is 242 g/mol. The van der Waals surface area contributed by atoms with E-state index in [0.29, 0.717) is 24.6 Å². The van der Waals surface area contributed by atoms with Crippen molar-refractivity contribution in [1.82, 2.24) is 9.88 Å². The van der Waals surface area contributed by atoms with Crippen molar-refractivity contribution in [3.63, 3.8) is 0 Å². The van der Waals surface area contributed by atoms with E-state index in [1.807, 2.05) is 0 Å². The third kappa shape index (κ3) is 5.70. The molecule has 0 spiro atoms. The summed E-state index contributed by atoms with van der Waals surface area (Å²) < 4.78 is 5.46. The third-order valence-electron chi connectivity index (χ3n) is 2.42. The molecule has 1 aromatic heterocycles. The number of ether oxygens (including phenoxy) is 1. The lowest BCUT2D eigenvalue weighted by Crippen LogP contribution is -2.21. The zero-order chi connectivity index (χ0) is 14.3. The van der Waals surface area contributed by atoms with Gasteiger partial charge in [0, 0.05) is 33.4 Å². The zero-order valence-electron chi connectivity index (χ0n) is 12.1. The molecule has 0 radical (unpaired) electrons. The van der Waals surface area contributed by atoms with Crippen LogP contribution in [0.4, 0.5) is 5.82 Å². The Balaban J connectivity index is 2.34. The van der Waals surface area contributed by atoms with Crippen LogP contribution in [0.2, 0.25) is 0 Å². The van der Waals surface area contributed by atoms with Crippen LogP contribution >= 0.6 is 0 Å². The number of hydrogen-bond acceptors (Lipinski definition) is 4. The molecule has 5 nitrogen and oxygen atoms in total. The first kappa shape index (κ1) is 15.4. The SMILES string of the molecule is CC(C)COCCNc1ccc(C(=O)N(C)C)cn1. The molecule has 0 aliphatic heterocycles. The minimum Gasteiger partial charge on any atom is -0.379 e. The van der Waals surface area contributed by atoms with E-state index >= 15 is 0 Å². The normalized spacial score (nSPS) is 10.6. The topological polar surface area (TPSA) is 54.5 Å². The number of pyridine rings is 1. The van der Waals surface area contributed by atoms with E-state index in [0.717, 1.165) is 12.4 Å². The van der Waals surface area contributed by atoms with Gasteiger partial charge >= 0.3 is 0 Å². The first-order chi connectivity index (χ1) is 9.00. The molecule has 0 aliphatic carbocycles. The van der Waals surface area contributed by atoms with Gasteiger partial charge in [-0.15, -0.1) is 0 Å². The minimum absolute atomic E-state index is 0.0423. The van der Waals surface area contributed by atoms with Crippen molar-refractivity contribution in [2.75, 3.05) is 39.2 Å². The van der Waals surface area contributed by atoms with Crippen molar-refractivity contribution in [3.05, 3.63) is 23.9 Å². The maximum atomic E-state index is 11.7. The van der Waals surface area contributed by atoms with Crippen LogP contribution < -0.4 is 5.32 Å². The molecule has 0 unspecified atom stereocenters. The van der Waals surface area contributed by atoms with Gasteiger partial charge in [0.1, 0.15) is 5.82 Å². The van der Waals surface area contributed by atoms with Gasteiger partial charge in [-0.2, -0.15) is 0 Å². The predicted molar refractivity (Wildman–Crippen MR) is 76.4 cm³/mol. The van der Waals surface area contributed by atoms with Gasteiger partial charge in [0.05, 0.1) is 12.2 Å². The number of nitrogens with zero attached hydrogens (tertiary/aromatic N) is 2. The van der Waals surface area contributed by atoms with E-state index in [4.69, 9.17) is 4.74 Å². The minimum atomic E-state index is -0.0423. The Morgan fingerprint density at radius 3 is 2.68 bits per heavy atom. The fourth-order valence-electron chi connectivity index (χ4n) is 1.45. The molecule has 1 amide bonds. The second kappa shape index (κ2) is 7.74. The van der Waals surface area contributed by atoms with Gasteiger partial charge in [0.25, 0.3) is 5.91 Å². The average Bonchev–Trinajstić information content (AvgIpc) is 2.37. The first-order valence-electron chi connectivity index (χ1n) is 6.50. The summed E-state index contributed by atoms with van der Waals surface area (Å²) in [5, 5.41) is 3.15. The summed E-state index contributed by atoms with van der Waals surface area (Å²) in [5.41, 5.74) is 0.589. The second-order valence-corrected chi connectivity index (χ2v) is 5.03. The monoisotopic (exact) mass is 265 g/mol. The molecule has 1 rings (SSSR count). The smallest absolute Gasteiger partial charge is 0.254 e. The summed E-state index contributed by atoms with van der Waals surface area (Å²) in [5.74, 6) is 1.26. The van der Waals surface area contributed by atoms with Crippen molar-refractivity contribution < 1.29 is 9.53 Å². The quantitative estimate of drug-likeness (QED) is 0.765. The van der Waals surface area contributed by atoms with Gasteiger partial charge < -0.3 is 15.0 Å². The molecule has 0 fully saturated rings. The molecule has 0 aliphatic rings. The molecule has 0 bridgehead atoms. The van der Waals surface area contributed by atoms with Crippen LogP contribution in [-0.2, 0) is 4.74 Å². The number of aromatic nitrogens is 1. The van der Waals surface area contributed by atoms with Crippen molar-refractivity contribution >= 4 is 11.7 Å². The zero-order valence-corrected chi connectivity index (χ0v) is 12.1. The number of carbonyl (C=O) groups excluding carboxylic acids is 1. The number of carbonyl (C=O) groups is 1. The third-order valence-corrected chi connectivity index (χ3v) is 2.42. The largest absolute Gasteiger partial charge is 0.379 e. The summed E-state index contributed by atoms with van der Waals surface area (Å²) >= 11 is 0. The lowest BCUT2D eigenvalue weighted by molar-refractivity contribution is 0.0827. The van der Waals surface area contributed by atoms with E-state index in [2.05, 4.69) is 24.1 Å². The summed E-state index contributed by atoms with van der Waals surface area (Å²) in [6.07, 6.45) is 1.58. The summed E-state index contributed by atoms with van der Waals surface area (Å²) in [4.78, 5) is 17.4. The Kier molecular flexibility index (Phi) is 6.29. The molecule has 0 saturated heterocycles. The number of anilines is 1. The Bertz CT molecular complexity index is 388. The summed E-state index contributed by atoms with van der Waals surface area (Å²) in [7, 11) is 3.45. The molecule has 1 heterocycles. The van der Waals surface area contributed by atoms with E-state index in [1.54, 1.807) is 32.4 Å². The van der Waals surface area contributed by atoms with Crippen LogP contribution in [0.1, 0.15) is 24.2 Å². The van der Waals surface area contributed by atoms with Gasteiger partial charge in [-0.1, -0.05) is 13.8 Å². The van der Waals surface area contributed by atoms with Gasteiger partial charge in [-0.25, -0.2) is 4.98 Å². The highest BCUT2D eigenvalue weighted by Gasteiger charge is 2.07. The van der Waals surface area contributed by atoms with Crippen molar-refractivity contribution in [2.24, 2.45) is 5.92 Å². The van der Waals surface area contributed by atoms with E-state index in [1.165, 1.54) is 4.90 Å². The number of nitrogens with one attached hydrogen (secondary N) is 1. The van der Waals surface area contributed by atoms with Crippen LogP contribution in [0.3, 0.4) is 0 Å². The maximum absolute atomic E-state index is 11.7. The second-order valence-electron chi connectivity index (χ2n) is 5.03. The Morgan fingerprint density at radius 2 is 2.16 bits per heavy atom. The van der Waals surface area contributed by atoms with Crippen molar-refractivity contribution in [2.45, 2.75) is 13.8 Å². The van der Waals surface area contributed by atoms with E-state index in [-0.39, 0.29) is 5.91 Å². The van der Waals surface area contributed by atoms with Gasteiger partial charge in [-0.05, 0) is 18.1 Å². The fourth-order valence-corrected chi connectivity index (χ4v) is 1.45. The molecule has 1 N–H and O–H groups in total. The standard InChI is InChI=1S/C14H23N3O2/c1-11(2)10-19-8-7-15-13-6-5-12(9-16-13)14(18)17(3)4/h5-6,9,11H,7-8,10H2,1-4H3,(H,15,16). The van der Waals surface area contributed by atoms with Crippen molar-refractivity contribution in [1.29, 1.82) is 0 Å². The molecular formula is C14H23N3O2. The van der Waals surface area contributed by atoms with Gasteiger partial charge in [-0.3, -0.25) is 4.79 Å². The molecule has 5 heteroatoms. The van der Waals surface area contributed by atoms with E-state index in [9.17, 15) is 4.79 Å². The maximum Gasteiger partial charge on any atom is 0.254 e. The van der Waals surface area contributed by atoms with Crippen LogP contribution in [0.5, 0.6) is 0 Å². The Labute approximate surface area is 115 Å². The van der Waals surface area contributed by atoms with Gasteiger partial charge in [0.15, 0.2) is 0 Å². The number of hydrogen-bond donors (Lipinski definition) is 1. The highest BCUT2D eigenvalue weighted by atomic mass is 16.5. The van der Waals surface area contributed by atoms with Gasteiger partial charge in [0.2, 0.25) is 0 Å². The number of rotatable bonds is 7. The van der Waals surface area contributed by atoms with Crippen LogP contribution in [0.25, 0.3) is 0 Å². The predicted octanol–water partition coefficient (Wildman–Crippen LogP) is 1.87. The Morgan fingerprint density at radius 1 is 1.42 bits per heavy atom. The first-order valence-corrected chi connectivity index (χ1v) is 6.50. The molecule has 0 atom stereocenters. The highest BCUT2D eigenvalue weighted by molar-refractivity contribution is 5.93. The van der Waals surface area contributed by atoms with Crippen LogP contribution in [0.15, 0.2) is 18.3 Å². The van der Waals surface area contributed by atoms with Crippen molar-refractivity contribution in [3.8, 4) is 0 Å². The Hall–Kier alpha value is -1.62. The summed E-state index contributed by atoms with van der Waals surface area (Å²) in [6.45, 7) is 6.37. The molecule has 0 saturated carbocycles. The average molecular weight is 265 g/mol. The number of amides is 1. The highest BCUT2D eigenvalue weighted by Crippen LogP contribution is 2.06. The molecule has 1 aromatic rings. The molecule has 19 heavy (non-hydrogen) atoms. The van der Waals surface area contributed by atoms with Crippen LogP contribution in [-0.4, -0.2) is 49.6 Å². The molecule has 106 valence electrons. The fraction of sp³-hybridized carbons (Fsp3) is 0.571. The lowest BCUT2D eigenvalue weighted by atomic mass is 10.2. The van der Waals surface area contributed by atoms with Crippen LogP contribution in [0, 0.1) is 5.92 Å². The molecule has 0 aromatic carbocycles. The lowest BCUT2D eigenvalue weighted by Gasteiger charge is -2.11. The van der Waals surface area contributed by atoms with E-state index < -0.39 is 0 Å². The summed E-state index contributed by atoms with van der Waals surface area (Å²) in [6, 6.07) is 3.58.